The summed E-state index contributed by atoms with van der Waals surface area (Å²) in [6.07, 6.45) is 0.747. The minimum atomic E-state index is -0.0247. The van der Waals surface area contributed by atoms with Gasteiger partial charge in [-0.2, -0.15) is 0 Å². The van der Waals surface area contributed by atoms with Crippen LogP contribution in [0.1, 0.15) is 12.0 Å². The van der Waals surface area contributed by atoms with Crippen LogP contribution in [0.25, 0.3) is 10.9 Å². The molecule has 1 aromatic heterocycles. The molecule has 4 nitrogen and oxygen atoms in total. The monoisotopic (exact) mass is 408 g/mol. The normalized spacial score (nSPS) is 11.2. The van der Waals surface area contributed by atoms with E-state index in [0.717, 1.165) is 12.0 Å². The molecule has 0 saturated carbocycles. The second-order valence-corrected chi connectivity index (χ2v) is 7.51. The highest BCUT2D eigenvalue weighted by atomic mass is 35.5. The Morgan fingerprint density at radius 2 is 1.96 bits per heavy atom. The average Bonchev–Trinajstić information content (AvgIpc) is 2.65. The van der Waals surface area contributed by atoms with E-state index in [1.807, 2.05) is 36.4 Å². The van der Waals surface area contributed by atoms with Gasteiger partial charge in [0.05, 0.1) is 20.9 Å². The zero-order valence-electron chi connectivity index (χ0n) is 14.2. The number of nitrogens with zero attached hydrogens (tertiary/aromatic N) is 2. The molecule has 136 valence electrons. The highest BCUT2D eigenvalue weighted by Crippen LogP contribution is 2.27. The minimum absolute atomic E-state index is 0.0247. The average molecular weight is 409 g/mol. The summed E-state index contributed by atoms with van der Waals surface area (Å²) in [5.74, 6) is 0.645. The van der Waals surface area contributed by atoms with Gasteiger partial charge in [0.2, 0.25) is 0 Å². The fourth-order valence-electron chi connectivity index (χ4n) is 2.60. The van der Waals surface area contributed by atoms with Crippen molar-refractivity contribution in [3.8, 4) is 0 Å². The van der Waals surface area contributed by atoms with Gasteiger partial charge in [-0.25, -0.2) is 4.98 Å². The summed E-state index contributed by atoms with van der Waals surface area (Å²) in [5.41, 5.74) is 1.70. The molecule has 0 saturated heterocycles. The van der Waals surface area contributed by atoms with Gasteiger partial charge >= 0.3 is 0 Å². The highest BCUT2D eigenvalue weighted by Gasteiger charge is 2.12. The van der Waals surface area contributed by atoms with Gasteiger partial charge in [-0.3, -0.25) is 9.36 Å². The molecule has 1 heterocycles. The van der Waals surface area contributed by atoms with Crippen molar-refractivity contribution in [1.29, 1.82) is 0 Å². The zero-order valence-corrected chi connectivity index (χ0v) is 16.6. The third-order valence-electron chi connectivity index (χ3n) is 3.91. The van der Waals surface area contributed by atoms with Crippen LogP contribution in [0.5, 0.6) is 0 Å². The minimum Gasteiger partial charge on any atom is -0.385 e. The van der Waals surface area contributed by atoms with Crippen LogP contribution in [0.2, 0.25) is 10.0 Å². The van der Waals surface area contributed by atoms with Gasteiger partial charge in [-0.1, -0.05) is 53.2 Å². The Kier molecular flexibility index (Phi) is 6.59. The number of para-hydroxylation sites is 1. The van der Waals surface area contributed by atoms with Gasteiger partial charge in [0, 0.05) is 26.0 Å². The Labute approximate surface area is 166 Å². The van der Waals surface area contributed by atoms with Gasteiger partial charge in [-0.15, -0.1) is 0 Å². The Balaban J connectivity index is 1.92. The van der Waals surface area contributed by atoms with Crippen molar-refractivity contribution in [2.45, 2.75) is 23.9 Å². The Morgan fingerprint density at radius 3 is 2.73 bits per heavy atom. The van der Waals surface area contributed by atoms with E-state index in [0.29, 0.717) is 45.0 Å². The molecule has 3 rings (SSSR count). The van der Waals surface area contributed by atoms with Gasteiger partial charge in [0.25, 0.3) is 5.56 Å². The van der Waals surface area contributed by atoms with E-state index in [9.17, 15) is 4.79 Å². The number of fused-ring (bicyclic) bond motifs is 1. The van der Waals surface area contributed by atoms with Crippen LogP contribution >= 0.6 is 35.0 Å². The van der Waals surface area contributed by atoms with E-state index in [2.05, 4.69) is 0 Å². The lowest BCUT2D eigenvalue weighted by molar-refractivity contribution is 0.189. The molecule has 26 heavy (non-hydrogen) atoms. The number of rotatable bonds is 7. The molecule has 0 unspecified atom stereocenters. The third kappa shape index (κ3) is 4.41. The van der Waals surface area contributed by atoms with Crippen LogP contribution in [0.4, 0.5) is 0 Å². The standard InChI is InChI=1S/C19H18Cl2N2O2S/c1-25-10-4-9-23-18(24)14-5-2-3-6-17(14)22-19(23)26-12-13-7-8-15(20)16(21)11-13/h2-3,5-8,11H,4,9-10,12H2,1H3. The van der Waals surface area contributed by atoms with Crippen molar-refractivity contribution < 1.29 is 4.74 Å². The van der Waals surface area contributed by atoms with Gasteiger partial charge < -0.3 is 4.74 Å². The highest BCUT2D eigenvalue weighted by molar-refractivity contribution is 7.98. The lowest BCUT2D eigenvalue weighted by atomic mass is 10.2. The predicted molar refractivity (Wildman–Crippen MR) is 109 cm³/mol. The number of methoxy groups -OCH3 is 1. The smallest absolute Gasteiger partial charge is 0.262 e. The maximum atomic E-state index is 12.9. The first-order valence-electron chi connectivity index (χ1n) is 8.15. The topological polar surface area (TPSA) is 44.1 Å². The maximum Gasteiger partial charge on any atom is 0.262 e. The number of hydrogen-bond acceptors (Lipinski definition) is 4. The van der Waals surface area contributed by atoms with E-state index < -0.39 is 0 Å². The summed E-state index contributed by atoms with van der Waals surface area (Å²) in [6, 6.07) is 13.0. The van der Waals surface area contributed by atoms with Crippen molar-refractivity contribution in [1.82, 2.24) is 9.55 Å². The molecule has 0 spiro atoms. The van der Waals surface area contributed by atoms with E-state index in [1.54, 1.807) is 17.7 Å². The molecule has 0 fully saturated rings. The Morgan fingerprint density at radius 1 is 1.15 bits per heavy atom. The summed E-state index contributed by atoms with van der Waals surface area (Å²) in [5, 5.41) is 2.37. The number of aromatic nitrogens is 2. The van der Waals surface area contributed by atoms with Crippen molar-refractivity contribution in [2.75, 3.05) is 13.7 Å². The fraction of sp³-hybridized carbons (Fsp3) is 0.263. The van der Waals surface area contributed by atoms with Crippen molar-refractivity contribution in [2.24, 2.45) is 0 Å². The second kappa shape index (κ2) is 8.91. The molecule has 0 aliphatic heterocycles. The zero-order chi connectivity index (χ0) is 18.5. The molecule has 0 aliphatic carbocycles. The molecule has 0 amide bonds. The largest absolute Gasteiger partial charge is 0.385 e. The second-order valence-electron chi connectivity index (χ2n) is 5.75. The molecular formula is C19H18Cl2N2O2S. The quantitative estimate of drug-likeness (QED) is 0.312. The number of hydrogen-bond donors (Lipinski definition) is 0. The van der Waals surface area contributed by atoms with Crippen molar-refractivity contribution >= 4 is 45.9 Å². The number of benzene rings is 2. The number of thioether (sulfide) groups is 1. The lowest BCUT2D eigenvalue weighted by Crippen LogP contribution is -2.24. The van der Waals surface area contributed by atoms with Crippen LogP contribution in [-0.2, 0) is 17.0 Å². The van der Waals surface area contributed by atoms with Gasteiger partial charge in [0.15, 0.2) is 5.16 Å². The van der Waals surface area contributed by atoms with Crippen LogP contribution in [0.3, 0.4) is 0 Å². The third-order valence-corrected chi connectivity index (χ3v) is 5.70. The Hall–Kier alpha value is -1.53. The van der Waals surface area contributed by atoms with Crippen LogP contribution in [0, 0.1) is 0 Å². The van der Waals surface area contributed by atoms with Gasteiger partial charge in [-0.05, 0) is 36.2 Å². The van der Waals surface area contributed by atoms with Crippen LogP contribution in [-0.4, -0.2) is 23.3 Å². The first-order valence-corrected chi connectivity index (χ1v) is 9.89. The first-order chi connectivity index (χ1) is 12.6. The molecule has 3 aromatic rings. The molecule has 0 atom stereocenters. The van der Waals surface area contributed by atoms with E-state index in [-0.39, 0.29) is 5.56 Å². The summed E-state index contributed by atoms with van der Waals surface area (Å²) >= 11 is 13.6. The van der Waals surface area contributed by atoms with E-state index >= 15 is 0 Å². The maximum absolute atomic E-state index is 12.9. The summed E-state index contributed by atoms with van der Waals surface area (Å²) in [4.78, 5) is 17.6. The van der Waals surface area contributed by atoms with Crippen LogP contribution in [0.15, 0.2) is 52.4 Å². The SMILES string of the molecule is COCCCn1c(SCc2ccc(Cl)c(Cl)c2)nc2ccccc2c1=O. The molecular weight excluding hydrogens is 391 g/mol. The fourth-order valence-corrected chi connectivity index (χ4v) is 3.89. The first kappa shape index (κ1) is 19.2. The van der Waals surface area contributed by atoms with Crippen molar-refractivity contribution in [3.05, 3.63) is 68.4 Å². The molecule has 0 N–H and O–H groups in total. The van der Waals surface area contributed by atoms with Crippen LogP contribution < -0.4 is 5.56 Å². The van der Waals surface area contributed by atoms with E-state index in [4.69, 9.17) is 32.9 Å². The van der Waals surface area contributed by atoms with Crippen molar-refractivity contribution in [3.63, 3.8) is 0 Å². The molecule has 0 radical (unpaired) electrons. The predicted octanol–water partition coefficient (Wildman–Crippen LogP) is 5.03. The van der Waals surface area contributed by atoms with Gasteiger partial charge in [0.1, 0.15) is 0 Å². The summed E-state index contributed by atoms with van der Waals surface area (Å²) < 4.78 is 6.84. The molecule has 0 bridgehead atoms. The van der Waals surface area contributed by atoms with E-state index in [1.165, 1.54) is 11.8 Å². The summed E-state index contributed by atoms with van der Waals surface area (Å²) in [6.45, 7) is 1.16. The molecule has 0 aliphatic rings. The summed E-state index contributed by atoms with van der Waals surface area (Å²) in [7, 11) is 1.65. The Bertz CT molecular complexity index is 975. The lowest BCUT2D eigenvalue weighted by Gasteiger charge is -2.13. The molecule has 2 aromatic carbocycles. The molecule has 7 heteroatoms. The number of ether oxygens (including phenoxy) is 1. The number of halogens is 2.